The topological polar surface area (TPSA) is 62.1 Å². The van der Waals surface area contributed by atoms with Gasteiger partial charge < -0.3 is 9.84 Å². The van der Waals surface area contributed by atoms with Crippen molar-refractivity contribution in [2.24, 2.45) is 4.99 Å². The summed E-state index contributed by atoms with van der Waals surface area (Å²) in [4.78, 5) is 19.7. The number of hydrogen-bond acceptors (Lipinski definition) is 5. The van der Waals surface area contributed by atoms with Crippen molar-refractivity contribution in [1.29, 1.82) is 0 Å². The summed E-state index contributed by atoms with van der Waals surface area (Å²) in [7, 11) is 1.49. The lowest BCUT2D eigenvalue weighted by Gasteiger charge is -2.13. The number of phenolic OH excluding ortho intramolecular Hbond substituents is 1. The quantitative estimate of drug-likeness (QED) is 0.709. The smallest absolute Gasteiger partial charge is 0.266 e. The number of halogens is 1. The highest BCUT2D eigenvalue weighted by Crippen LogP contribution is 2.35. The number of thioether (sulfide) groups is 1. The van der Waals surface area contributed by atoms with Gasteiger partial charge in [-0.2, -0.15) is 0 Å². The van der Waals surface area contributed by atoms with Crippen molar-refractivity contribution in [3.8, 4) is 11.5 Å². The molecule has 1 fully saturated rings. The molecule has 2 aromatic carbocycles. The van der Waals surface area contributed by atoms with E-state index in [1.54, 1.807) is 41.3 Å². The molecule has 2 aromatic rings. The number of aliphatic imine (C=N–C) groups is 1. The van der Waals surface area contributed by atoms with Crippen LogP contribution in [0.3, 0.4) is 0 Å². The fourth-order valence-electron chi connectivity index (χ4n) is 2.57. The minimum Gasteiger partial charge on any atom is -0.504 e. The van der Waals surface area contributed by atoms with Gasteiger partial charge in [-0.05, 0) is 66.2 Å². The number of methoxy groups -OCH3 is 1. The van der Waals surface area contributed by atoms with Crippen molar-refractivity contribution in [3.05, 3.63) is 58.0 Å². The summed E-state index contributed by atoms with van der Waals surface area (Å²) in [6, 6.07) is 12.1. The minimum absolute atomic E-state index is 0.0580. The van der Waals surface area contributed by atoms with E-state index < -0.39 is 0 Å². The van der Waals surface area contributed by atoms with E-state index in [-0.39, 0.29) is 11.7 Å². The van der Waals surface area contributed by atoms with E-state index in [1.165, 1.54) is 18.9 Å². The summed E-state index contributed by atoms with van der Waals surface area (Å²) in [5.41, 5.74) is 1.51. The molecule has 0 aromatic heterocycles. The van der Waals surface area contributed by atoms with Crippen LogP contribution in [0.1, 0.15) is 18.9 Å². The highest BCUT2D eigenvalue weighted by Gasteiger charge is 2.32. The molecule has 1 heterocycles. The zero-order valence-corrected chi connectivity index (χ0v) is 16.5. The van der Waals surface area contributed by atoms with E-state index in [0.29, 0.717) is 27.4 Å². The molecular formula is C20H19ClN2O3S. The molecule has 1 amide bonds. The summed E-state index contributed by atoms with van der Waals surface area (Å²) >= 11 is 7.25. The second-order valence-corrected chi connectivity index (χ2v) is 7.32. The van der Waals surface area contributed by atoms with E-state index in [9.17, 15) is 9.90 Å². The number of amides is 1. The molecule has 0 radical (unpaired) electrons. The Hall–Kier alpha value is -2.44. The Balaban J connectivity index is 1.93. The van der Waals surface area contributed by atoms with Crippen LogP contribution in [0.5, 0.6) is 11.5 Å². The average Bonchev–Trinajstić information content (AvgIpc) is 2.94. The van der Waals surface area contributed by atoms with Crippen LogP contribution in [0, 0.1) is 0 Å². The third-order valence-electron chi connectivity index (χ3n) is 3.89. The Morgan fingerprint density at radius 3 is 2.67 bits per heavy atom. The highest BCUT2D eigenvalue weighted by molar-refractivity contribution is 8.18. The summed E-state index contributed by atoms with van der Waals surface area (Å²) in [6.45, 7) is 2.61. The molecule has 0 unspecified atom stereocenters. The average molecular weight is 403 g/mol. The molecule has 27 heavy (non-hydrogen) atoms. The normalized spacial score (nSPS) is 17.1. The maximum Gasteiger partial charge on any atom is 0.266 e. The van der Waals surface area contributed by atoms with Gasteiger partial charge in [0.05, 0.1) is 17.7 Å². The van der Waals surface area contributed by atoms with E-state index in [1.807, 2.05) is 19.1 Å². The molecular weight excluding hydrogens is 384 g/mol. The van der Waals surface area contributed by atoms with Crippen molar-refractivity contribution < 1.29 is 14.6 Å². The van der Waals surface area contributed by atoms with Crippen molar-refractivity contribution in [2.75, 3.05) is 13.7 Å². The third kappa shape index (κ3) is 4.46. The Kier molecular flexibility index (Phi) is 6.08. The van der Waals surface area contributed by atoms with Crippen molar-refractivity contribution >= 4 is 46.2 Å². The molecule has 1 aliphatic heterocycles. The van der Waals surface area contributed by atoms with Crippen LogP contribution in [0.4, 0.5) is 5.69 Å². The van der Waals surface area contributed by atoms with E-state index >= 15 is 0 Å². The summed E-state index contributed by atoms with van der Waals surface area (Å²) in [5, 5.41) is 11.0. The number of hydrogen-bond donors (Lipinski definition) is 1. The maximum atomic E-state index is 12.8. The highest BCUT2D eigenvalue weighted by atomic mass is 35.5. The molecule has 1 saturated heterocycles. The van der Waals surface area contributed by atoms with Crippen molar-refractivity contribution in [3.63, 3.8) is 0 Å². The number of ether oxygens (including phenoxy) is 1. The largest absolute Gasteiger partial charge is 0.504 e. The summed E-state index contributed by atoms with van der Waals surface area (Å²) < 4.78 is 5.13. The van der Waals surface area contributed by atoms with Gasteiger partial charge in [-0.15, -0.1) is 0 Å². The fraction of sp³-hybridized carbons (Fsp3) is 0.200. The first kappa shape index (κ1) is 19.3. The van der Waals surface area contributed by atoms with Gasteiger partial charge in [0.2, 0.25) is 0 Å². The molecule has 0 aliphatic carbocycles. The van der Waals surface area contributed by atoms with Gasteiger partial charge in [0.15, 0.2) is 16.7 Å². The number of carbonyl (C=O) groups is 1. The SMILES string of the molecule is CCCN1C(=O)/C(=C/c2ccc(O)c(OC)c2)SC1=Nc1ccc(Cl)cc1. The number of nitrogens with zero attached hydrogens (tertiary/aromatic N) is 2. The van der Waals surface area contributed by atoms with Gasteiger partial charge in [0.1, 0.15) is 0 Å². The lowest BCUT2D eigenvalue weighted by Crippen LogP contribution is -2.29. The predicted molar refractivity (Wildman–Crippen MR) is 111 cm³/mol. The third-order valence-corrected chi connectivity index (χ3v) is 5.15. The van der Waals surface area contributed by atoms with Gasteiger partial charge in [-0.25, -0.2) is 4.99 Å². The van der Waals surface area contributed by atoms with Crippen LogP contribution < -0.4 is 4.74 Å². The monoisotopic (exact) mass is 402 g/mol. The van der Waals surface area contributed by atoms with Crippen LogP contribution in [-0.4, -0.2) is 34.7 Å². The Labute approximate surface area is 167 Å². The van der Waals surface area contributed by atoms with Crippen LogP contribution in [0.25, 0.3) is 6.08 Å². The summed E-state index contributed by atoms with van der Waals surface area (Å²) in [6.07, 6.45) is 2.61. The zero-order valence-electron chi connectivity index (χ0n) is 15.0. The molecule has 1 N–H and O–H groups in total. The molecule has 5 nitrogen and oxygen atoms in total. The molecule has 7 heteroatoms. The molecule has 0 saturated carbocycles. The Morgan fingerprint density at radius 2 is 2.00 bits per heavy atom. The van der Waals surface area contributed by atoms with Crippen LogP contribution in [-0.2, 0) is 4.79 Å². The maximum absolute atomic E-state index is 12.8. The van der Waals surface area contributed by atoms with Crippen LogP contribution in [0.2, 0.25) is 5.02 Å². The molecule has 1 aliphatic rings. The number of rotatable bonds is 5. The van der Waals surface area contributed by atoms with Crippen LogP contribution in [0.15, 0.2) is 52.4 Å². The lowest BCUT2D eigenvalue weighted by atomic mass is 10.2. The molecule has 3 rings (SSSR count). The van der Waals surface area contributed by atoms with E-state index in [2.05, 4.69) is 4.99 Å². The Bertz CT molecular complexity index is 910. The van der Waals surface area contributed by atoms with Gasteiger partial charge in [-0.3, -0.25) is 9.69 Å². The molecule has 0 atom stereocenters. The van der Waals surface area contributed by atoms with Gasteiger partial charge >= 0.3 is 0 Å². The second-order valence-electron chi connectivity index (χ2n) is 5.87. The van der Waals surface area contributed by atoms with E-state index in [4.69, 9.17) is 16.3 Å². The number of carbonyl (C=O) groups excluding carboxylic acids is 1. The first-order chi connectivity index (χ1) is 13.0. The molecule has 140 valence electrons. The first-order valence-electron chi connectivity index (χ1n) is 8.44. The zero-order chi connectivity index (χ0) is 19.4. The number of amidine groups is 1. The van der Waals surface area contributed by atoms with E-state index in [0.717, 1.165) is 17.7 Å². The molecule has 0 bridgehead atoms. The van der Waals surface area contributed by atoms with Gasteiger partial charge in [0.25, 0.3) is 5.91 Å². The second kappa shape index (κ2) is 8.50. The number of benzene rings is 2. The number of phenols is 1. The summed E-state index contributed by atoms with van der Waals surface area (Å²) in [5.74, 6) is 0.338. The fourth-order valence-corrected chi connectivity index (χ4v) is 3.72. The van der Waals surface area contributed by atoms with Gasteiger partial charge in [0, 0.05) is 11.6 Å². The number of aromatic hydroxyl groups is 1. The van der Waals surface area contributed by atoms with Crippen molar-refractivity contribution in [1.82, 2.24) is 4.90 Å². The molecule has 0 spiro atoms. The Morgan fingerprint density at radius 1 is 1.26 bits per heavy atom. The lowest BCUT2D eigenvalue weighted by molar-refractivity contribution is -0.122. The minimum atomic E-state index is -0.0818. The van der Waals surface area contributed by atoms with Gasteiger partial charge in [-0.1, -0.05) is 24.6 Å². The first-order valence-corrected chi connectivity index (χ1v) is 9.64. The van der Waals surface area contributed by atoms with Crippen LogP contribution >= 0.6 is 23.4 Å². The predicted octanol–water partition coefficient (Wildman–Crippen LogP) is 5.07. The standard InChI is InChI=1S/C20H19ClN2O3S/c1-3-10-23-19(25)18(12-13-4-9-16(24)17(11-13)26-2)27-20(23)22-15-7-5-14(21)6-8-15/h4-9,11-12,24H,3,10H2,1-2H3/b18-12-,22-20?. The van der Waals surface area contributed by atoms with Crippen molar-refractivity contribution in [2.45, 2.75) is 13.3 Å².